The average molecular weight is 434 g/mol. The molecule has 1 N–H and O–H groups in total. The number of rotatable bonds is 13. The Morgan fingerprint density at radius 2 is 1.91 bits per heavy atom. The Morgan fingerprint density at radius 1 is 1.06 bits per heavy atom. The molecule has 0 aliphatic heterocycles. The Kier molecular flexibility index (Phi) is 8.90. The van der Waals surface area contributed by atoms with E-state index in [1.54, 1.807) is 0 Å². The van der Waals surface area contributed by atoms with E-state index >= 15 is 0 Å². The van der Waals surface area contributed by atoms with Gasteiger partial charge < -0.3 is 14.6 Å². The summed E-state index contributed by atoms with van der Waals surface area (Å²) in [6.45, 7) is 10.1. The SMILES string of the molecule is C=CC(=O)NCCCCCc1nc2ccccc2n1CCCCOc1cccc(C)c1C. The van der Waals surface area contributed by atoms with Crippen molar-refractivity contribution < 1.29 is 9.53 Å². The molecule has 0 atom stereocenters. The maximum atomic E-state index is 11.2. The molecule has 170 valence electrons. The summed E-state index contributed by atoms with van der Waals surface area (Å²) in [4.78, 5) is 16.1. The normalized spacial score (nSPS) is 10.9. The third-order valence-electron chi connectivity index (χ3n) is 5.88. The number of aryl methyl sites for hydroxylation is 3. The van der Waals surface area contributed by atoms with Crippen LogP contribution in [0.1, 0.15) is 49.1 Å². The number of aromatic nitrogens is 2. The maximum Gasteiger partial charge on any atom is 0.243 e. The van der Waals surface area contributed by atoms with Gasteiger partial charge in [-0.15, -0.1) is 0 Å². The second-order valence-corrected chi connectivity index (χ2v) is 8.23. The number of fused-ring (bicyclic) bond motifs is 1. The molecule has 0 aliphatic carbocycles. The van der Waals surface area contributed by atoms with Crippen molar-refractivity contribution in [2.24, 2.45) is 0 Å². The van der Waals surface area contributed by atoms with E-state index in [2.05, 4.69) is 60.6 Å². The van der Waals surface area contributed by atoms with E-state index < -0.39 is 0 Å². The topological polar surface area (TPSA) is 56.2 Å². The fraction of sp³-hybridized carbons (Fsp3) is 0.407. The molecule has 5 nitrogen and oxygen atoms in total. The van der Waals surface area contributed by atoms with Gasteiger partial charge in [0, 0.05) is 19.5 Å². The summed E-state index contributed by atoms with van der Waals surface area (Å²) in [5.74, 6) is 2.04. The molecule has 0 bridgehead atoms. The van der Waals surface area contributed by atoms with Gasteiger partial charge in [0.15, 0.2) is 0 Å². The van der Waals surface area contributed by atoms with E-state index in [9.17, 15) is 4.79 Å². The molecule has 32 heavy (non-hydrogen) atoms. The van der Waals surface area contributed by atoms with Crippen LogP contribution < -0.4 is 10.1 Å². The van der Waals surface area contributed by atoms with Crippen LogP contribution in [0.3, 0.4) is 0 Å². The summed E-state index contributed by atoms with van der Waals surface area (Å²) in [6, 6.07) is 14.6. The van der Waals surface area contributed by atoms with Crippen molar-refractivity contribution in [2.75, 3.05) is 13.2 Å². The minimum atomic E-state index is -0.103. The Balaban J connectivity index is 1.49. The summed E-state index contributed by atoms with van der Waals surface area (Å²) in [5.41, 5.74) is 4.75. The number of hydrogen-bond donors (Lipinski definition) is 1. The summed E-state index contributed by atoms with van der Waals surface area (Å²) < 4.78 is 8.39. The monoisotopic (exact) mass is 433 g/mol. The van der Waals surface area contributed by atoms with Crippen molar-refractivity contribution in [2.45, 2.75) is 58.9 Å². The van der Waals surface area contributed by atoms with Crippen molar-refractivity contribution in [3.05, 3.63) is 72.1 Å². The smallest absolute Gasteiger partial charge is 0.243 e. The summed E-state index contributed by atoms with van der Waals surface area (Å²) in [6.07, 6.45) is 7.40. The van der Waals surface area contributed by atoms with Gasteiger partial charge in [0.2, 0.25) is 5.91 Å². The van der Waals surface area contributed by atoms with Gasteiger partial charge in [-0.25, -0.2) is 4.98 Å². The van der Waals surface area contributed by atoms with Crippen LogP contribution in [0.4, 0.5) is 0 Å². The molecule has 0 fully saturated rings. The Morgan fingerprint density at radius 3 is 2.75 bits per heavy atom. The van der Waals surface area contributed by atoms with Crippen molar-refractivity contribution in [1.29, 1.82) is 0 Å². The third kappa shape index (κ3) is 6.46. The largest absolute Gasteiger partial charge is 0.493 e. The van der Waals surface area contributed by atoms with Crippen molar-refractivity contribution in [1.82, 2.24) is 14.9 Å². The number of unbranched alkanes of at least 4 members (excludes halogenated alkanes) is 3. The molecular formula is C27H35N3O2. The lowest BCUT2D eigenvalue weighted by Gasteiger charge is -2.12. The van der Waals surface area contributed by atoms with E-state index in [1.165, 1.54) is 22.7 Å². The van der Waals surface area contributed by atoms with Gasteiger partial charge in [-0.1, -0.05) is 37.3 Å². The van der Waals surface area contributed by atoms with Gasteiger partial charge in [-0.2, -0.15) is 0 Å². The van der Waals surface area contributed by atoms with Gasteiger partial charge >= 0.3 is 0 Å². The molecule has 0 radical (unpaired) electrons. The number of ether oxygens (including phenoxy) is 1. The highest BCUT2D eigenvalue weighted by Crippen LogP contribution is 2.21. The third-order valence-corrected chi connectivity index (χ3v) is 5.88. The van der Waals surface area contributed by atoms with Crippen molar-refractivity contribution >= 4 is 16.9 Å². The fourth-order valence-corrected chi connectivity index (χ4v) is 3.87. The van der Waals surface area contributed by atoms with Crippen LogP contribution in [0, 0.1) is 13.8 Å². The van der Waals surface area contributed by atoms with E-state index in [4.69, 9.17) is 9.72 Å². The van der Waals surface area contributed by atoms with E-state index in [1.807, 2.05) is 12.1 Å². The number of hydrogen-bond acceptors (Lipinski definition) is 3. The second-order valence-electron chi connectivity index (χ2n) is 8.23. The quantitative estimate of drug-likeness (QED) is 0.285. The zero-order valence-corrected chi connectivity index (χ0v) is 19.4. The molecule has 1 aromatic heterocycles. The zero-order valence-electron chi connectivity index (χ0n) is 19.4. The van der Waals surface area contributed by atoms with Crippen LogP contribution in [0.15, 0.2) is 55.1 Å². The fourth-order valence-electron chi connectivity index (χ4n) is 3.87. The first kappa shape index (κ1) is 23.6. The van der Waals surface area contributed by atoms with Gasteiger partial charge in [0.25, 0.3) is 0 Å². The van der Waals surface area contributed by atoms with Crippen LogP contribution in [-0.4, -0.2) is 28.6 Å². The van der Waals surface area contributed by atoms with Crippen molar-refractivity contribution in [3.8, 4) is 5.75 Å². The van der Waals surface area contributed by atoms with Gasteiger partial charge in [-0.05, 0) is 74.9 Å². The molecule has 3 aromatic rings. The number of para-hydroxylation sites is 2. The molecule has 0 saturated heterocycles. The highest BCUT2D eigenvalue weighted by Gasteiger charge is 2.10. The molecule has 0 saturated carbocycles. The minimum Gasteiger partial charge on any atom is -0.493 e. The molecule has 1 amide bonds. The predicted molar refractivity (Wildman–Crippen MR) is 131 cm³/mol. The van der Waals surface area contributed by atoms with E-state index in [-0.39, 0.29) is 5.91 Å². The van der Waals surface area contributed by atoms with Crippen LogP contribution >= 0.6 is 0 Å². The number of amides is 1. The highest BCUT2D eigenvalue weighted by molar-refractivity contribution is 5.86. The van der Waals surface area contributed by atoms with Gasteiger partial charge in [-0.3, -0.25) is 4.79 Å². The van der Waals surface area contributed by atoms with Crippen molar-refractivity contribution in [3.63, 3.8) is 0 Å². The number of nitrogens with zero attached hydrogens (tertiary/aromatic N) is 2. The van der Waals surface area contributed by atoms with E-state index in [0.29, 0.717) is 6.54 Å². The van der Waals surface area contributed by atoms with E-state index in [0.717, 1.165) is 68.8 Å². The molecule has 0 aliphatic rings. The number of carbonyl (C=O) groups excluding carboxylic acids is 1. The minimum absolute atomic E-state index is 0.103. The highest BCUT2D eigenvalue weighted by atomic mass is 16.5. The van der Waals surface area contributed by atoms with Crippen LogP contribution in [-0.2, 0) is 17.8 Å². The Bertz CT molecular complexity index is 1040. The molecular weight excluding hydrogens is 398 g/mol. The lowest BCUT2D eigenvalue weighted by atomic mass is 10.1. The zero-order chi connectivity index (χ0) is 22.8. The first-order chi connectivity index (χ1) is 15.6. The maximum absolute atomic E-state index is 11.2. The standard InChI is InChI=1S/C27H35N3O2/c1-4-27(31)28-18-9-5-6-17-26-29-23-14-7-8-15-24(23)30(26)19-10-11-20-32-25-16-12-13-21(2)22(25)3/h4,7-8,12-16H,1,5-6,9-11,17-20H2,2-3H3,(H,28,31). The summed E-state index contributed by atoms with van der Waals surface area (Å²) >= 11 is 0. The lowest BCUT2D eigenvalue weighted by molar-refractivity contribution is -0.116. The first-order valence-corrected chi connectivity index (χ1v) is 11.6. The number of nitrogens with one attached hydrogen (secondary N) is 1. The Labute approximate surface area is 191 Å². The van der Waals surface area contributed by atoms with Crippen LogP contribution in [0.25, 0.3) is 11.0 Å². The molecule has 5 heteroatoms. The molecule has 2 aromatic carbocycles. The predicted octanol–water partition coefficient (Wildman–Crippen LogP) is 5.53. The van der Waals surface area contributed by atoms with Gasteiger partial charge in [0.05, 0.1) is 17.6 Å². The van der Waals surface area contributed by atoms with Crippen LogP contribution in [0.2, 0.25) is 0 Å². The molecule has 0 spiro atoms. The average Bonchev–Trinajstić information content (AvgIpc) is 3.15. The summed E-state index contributed by atoms with van der Waals surface area (Å²) in [7, 11) is 0. The summed E-state index contributed by atoms with van der Waals surface area (Å²) in [5, 5.41) is 2.83. The lowest BCUT2D eigenvalue weighted by Crippen LogP contribution is -2.21. The molecule has 0 unspecified atom stereocenters. The Hall–Kier alpha value is -3.08. The number of imidazole rings is 1. The first-order valence-electron chi connectivity index (χ1n) is 11.6. The number of carbonyl (C=O) groups is 1. The molecule has 1 heterocycles. The van der Waals surface area contributed by atoms with Gasteiger partial charge in [0.1, 0.15) is 11.6 Å². The second kappa shape index (κ2) is 12.1. The molecule has 3 rings (SSSR count). The van der Waals surface area contributed by atoms with Crippen LogP contribution in [0.5, 0.6) is 5.75 Å². The number of benzene rings is 2.